The van der Waals surface area contributed by atoms with E-state index in [2.05, 4.69) is 0 Å². The molecule has 0 unspecified atom stereocenters. The Labute approximate surface area is 44.9 Å². The summed E-state index contributed by atoms with van der Waals surface area (Å²) in [6, 6.07) is 0. The van der Waals surface area contributed by atoms with Gasteiger partial charge in [0.05, 0.1) is 0 Å². The molecule has 2 fully saturated rings. The molecule has 0 N–H and O–H groups in total. The Morgan fingerprint density at radius 3 is 1.29 bits per heavy atom. The van der Waals surface area contributed by atoms with Crippen molar-refractivity contribution in [2.24, 2.45) is 11.8 Å². The van der Waals surface area contributed by atoms with Crippen molar-refractivity contribution in [3.05, 3.63) is 0 Å². The molecule has 0 aromatic rings. The first-order chi connectivity index (χ1) is 3.45. The Morgan fingerprint density at radius 1 is 0.714 bits per heavy atom. The Kier molecular flexibility index (Phi) is 0.697. The molecule has 0 spiro atoms. The van der Waals surface area contributed by atoms with E-state index in [0.717, 1.165) is 0 Å². The maximum Gasteiger partial charge on any atom is -0.0411 e. The van der Waals surface area contributed by atoms with Crippen molar-refractivity contribution in [1.82, 2.24) is 0 Å². The Bertz CT molecular complexity index is 58.1. The third-order valence-corrected chi connectivity index (χ3v) is 2.63. The minimum atomic E-state index is 1.17. The van der Waals surface area contributed by atoms with Crippen molar-refractivity contribution >= 4 is 0 Å². The van der Waals surface area contributed by atoms with Gasteiger partial charge in [-0.2, -0.15) is 0 Å². The fraction of sp³-hybridized carbons (Fsp3) is 1.00. The molecule has 0 nitrogen and oxygen atoms in total. The molecule has 0 heterocycles. The molecule has 0 radical (unpaired) electrons. The van der Waals surface area contributed by atoms with Gasteiger partial charge in [0, 0.05) is 0 Å². The zero-order valence-corrected chi connectivity index (χ0v) is 4.69. The Hall–Kier alpha value is 0. The summed E-state index contributed by atoms with van der Waals surface area (Å²) >= 11 is 0. The van der Waals surface area contributed by atoms with Crippen LogP contribution in [0.5, 0.6) is 0 Å². The van der Waals surface area contributed by atoms with Crippen LogP contribution in [0.2, 0.25) is 0 Å². The highest BCUT2D eigenvalue weighted by atomic mass is 14.4. The summed E-state index contributed by atoms with van der Waals surface area (Å²) in [5.74, 6) is 2.34. The normalized spacial score (nSPS) is 48.0. The molecule has 2 aliphatic rings. The molecule has 0 atom stereocenters. The van der Waals surface area contributed by atoms with E-state index in [4.69, 9.17) is 0 Å². The van der Waals surface area contributed by atoms with Gasteiger partial charge in [-0.1, -0.05) is 25.7 Å². The van der Waals surface area contributed by atoms with Crippen LogP contribution in [0.25, 0.3) is 0 Å². The standard InChI is InChI=1S/C7H12/c1-2-7-4-3-6(1)5-7/h6-7H,1-5H2/t6-,7+. The highest BCUT2D eigenvalue weighted by Gasteiger charge is 2.30. The minimum absolute atomic E-state index is 1.17. The predicted molar refractivity (Wildman–Crippen MR) is 30.1 cm³/mol. The summed E-state index contributed by atoms with van der Waals surface area (Å²) in [6.45, 7) is 0. The van der Waals surface area contributed by atoms with Gasteiger partial charge in [0.25, 0.3) is 0 Å². The van der Waals surface area contributed by atoms with Crippen LogP contribution in [0, 0.1) is 11.8 Å². The summed E-state index contributed by atoms with van der Waals surface area (Å²) < 4.78 is 0. The zero-order chi connectivity index (χ0) is 4.69. The third-order valence-electron chi connectivity index (χ3n) is 2.63. The van der Waals surface area contributed by atoms with Crippen molar-refractivity contribution in [1.29, 1.82) is 0 Å². The molecule has 0 aromatic carbocycles. The van der Waals surface area contributed by atoms with Crippen molar-refractivity contribution in [3.8, 4) is 0 Å². The van der Waals surface area contributed by atoms with Crippen LogP contribution in [-0.2, 0) is 0 Å². The smallest absolute Gasteiger partial charge is 0.0411 e. The maximum atomic E-state index is 1.58. The molecule has 7 heavy (non-hydrogen) atoms. The molecule has 2 rings (SSSR count). The van der Waals surface area contributed by atoms with Crippen molar-refractivity contribution in [2.45, 2.75) is 32.1 Å². The highest BCUT2D eigenvalue weighted by Crippen LogP contribution is 2.43. The van der Waals surface area contributed by atoms with E-state index < -0.39 is 0 Å². The fourth-order valence-electron chi connectivity index (χ4n) is 2.17. The van der Waals surface area contributed by atoms with Crippen LogP contribution in [0.1, 0.15) is 32.1 Å². The lowest BCUT2D eigenvalue weighted by molar-refractivity contribution is 0.480. The largest absolute Gasteiger partial charge is 0.0502 e. The van der Waals surface area contributed by atoms with Crippen LogP contribution in [0.4, 0.5) is 0 Å². The second-order valence-electron chi connectivity index (χ2n) is 3.12. The van der Waals surface area contributed by atoms with E-state index in [1.54, 1.807) is 32.1 Å². The lowest BCUT2D eigenvalue weighted by Gasteiger charge is -2.05. The van der Waals surface area contributed by atoms with Crippen molar-refractivity contribution in [3.63, 3.8) is 0 Å². The summed E-state index contributed by atoms with van der Waals surface area (Å²) in [6.07, 6.45) is 7.82. The first-order valence-electron chi connectivity index (χ1n) is 3.45. The van der Waals surface area contributed by atoms with Gasteiger partial charge in [0.2, 0.25) is 0 Å². The number of hydrogen-bond donors (Lipinski definition) is 0. The van der Waals surface area contributed by atoms with E-state index in [-0.39, 0.29) is 0 Å². The molecule has 0 amide bonds. The van der Waals surface area contributed by atoms with E-state index >= 15 is 0 Å². The van der Waals surface area contributed by atoms with Crippen LogP contribution in [-0.4, -0.2) is 0 Å². The van der Waals surface area contributed by atoms with Crippen LogP contribution in [0.15, 0.2) is 0 Å². The van der Waals surface area contributed by atoms with Gasteiger partial charge >= 0.3 is 0 Å². The average Bonchev–Trinajstić information content (AvgIpc) is 2.22. The van der Waals surface area contributed by atoms with E-state index in [1.165, 1.54) is 11.8 Å². The first kappa shape index (κ1) is 3.94. The highest BCUT2D eigenvalue weighted by molar-refractivity contribution is 4.82. The quantitative estimate of drug-likeness (QED) is 0.433. The zero-order valence-electron chi connectivity index (χ0n) is 4.69. The molecular formula is C7H12. The topological polar surface area (TPSA) is 0 Å². The molecule has 0 aromatic heterocycles. The molecule has 2 aliphatic carbocycles. The van der Waals surface area contributed by atoms with Gasteiger partial charge in [0.15, 0.2) is 0 Å². The van der Waals surface area contributed by atoms with Gasteiger partial charge in [-0.15, -0.1) is 0 Å². The SMILES string of the molecule is C1C[C@H]2CC[C@@H]1C2. The van der Waals surface area contributed by atoms with Crippen molar-refractivity contribution in [2.75, 3.05) is 0 Å². The molecular weight excluding hydrogens is 84.1 g/mol. The third kappa shape index (κ3) is 0.490. The first-order valence-corrected chi connectivity index (χ1v) is 3.45. The van der Waals surface area contributed by atoms with Gasteiger partial charge in [-0.25, -0.2) is 0 Å². The van der Waals surface area contributed by atoms with E-state index in [9.17, 15) is 0 Å². The minimum Gasteiger partial charge on any atom is -0.0502 e. The predicted octanol–water partition coefficient (Wildman–Crippen LogP) is 2.20. The Morgan fingerprint density at radius 2 is 1.14 bits per heavy atom. The van der Waals surface area contributed by atoms with Gasteiger partial charge in [0.1, 0.15) is 0 Å². The fourth-order valence-corrected chi connectivity index (χ4v) is 2.17. The number of hydrogen-bond acceptors (Lipinski definition) is 0. The Balaban J connectivity index is 2.12. The molecule has 0 aliphatic heterocycles. The lowest BCUT2D eigenvalue weighted by atomic mass is 10.0. The number of rotatable bonds is 0. The summed E-state index contributed by atoms with van der Waals surface area (Å²) in [5, 5.41) is 0. The second-order valence-corrected chi connectivity index (χ2v) is 3.12. The van der Waals surface area contributed by atoms with Crippen LogP contribution < -0.4 is 0 Å². The molecule has 0 heteroatoms. The molecule has 0 saturated heterocycles. The van der Waals surface area contributed by atoms with Crippen LogP contribution in [0.3, 0.4) is 0 Å². The summed E-state index contributed by atoms with van der Waals surface area (Å²) in [7, 11) is 0. The van der Waals surface area contributed by atoms with E-state index in [1.807, 2.05) is 0 Å². The molecule has 2 saturated carbocycles. The lowest BCUT2D eigenvalue weighted by Crippen LogP contribution is -1.90. The van der Waals surface area contributed by atoms with Crippen molar-refractivity contribution < 1.29 is 0 Å². The van der Waals surface area contributed by atoms with Gasteiger partial charge < -0.3 is 0 Å². The number of fused-ring (bicyclic) bond motifs is 2. The summed E-state index contributed by atoms with van der Waals surface area (Å²) in [4.78, 5) is 0. The van der Waals surface area contributed by atoms with Gasteiger partial charge in [-0.05, 0) is 18.3 Å². The molecule has 2 bridgehead atoms. The van der Waals surface area contributed by atoms with Crippen LogP contribution >= 0.6 is 0 Å². The molecule has 40 valence electrons. The van der Waals surface area contributed by atoms with E-state index in [0.29, 0.717) is 0 Å². The monoisotopic (exact) mass is 96.1 g/mol. The maximum absolute atomic E-state index is 1.58. The second kappa shape index (κ2) is 1.24. The van der Waals surface area contributed by atoms with Gasteiger partial charge in [-0.3, -0.25) is 0 Å². The average molecular weight is 96.2 g/mol. The summed E-state index contributed by atoms with van der Waals surface area (Å²) in [5.41, 5.74) is 0.